The summed E-state index contributed by atoms with van der Waals surface area (Å²) in [5.41, 5.74) is 10.4. The van der Waals surface area contributed by atoms with Crippen molar-refractivity contribution in [1.29, 1.82) is 0 Å². The number of fused-ring (bicyclic) bond motifs is 1. The summed E-state index contributed by atoms with van der Waals surface area (Å²) in [7, 11) is 2.02. The van der Waals surface area contributed by atoms with Crippen LogP contribution in [0.15, 0.2) is 48.5 Å². The van der Waals surface area contributed by atoms with Crippen molar-refractivity contribution >= 4 is 0 Å². The average Bonchev–Trinajstić information content (AvgIpc) is 2.93. The number of hydrogen-bond acceptors (Lipinski definition) is 5. The highest BCUT2D eigenvalue weighted by molar-refractivity contribution is 5.39. The molecule has 1 fully saturated rings. The van der Waals surface area contributed by atoms with Crippen LogP contribution >= 0.6 is 0 Å². The van der Waals surface area contributed by atoms with E-state index in [1.807, 2.05) is 7.05 Å². The number of nitrogens with two attached hydrogens (primary N) is 1. The molecule has 0 spiro atoms. The minimum Gasteiger partial charge on any atom is -0.494 e. The summed E-state index contributed by atoms with van der Waals surface area (Å²) in [6.45, 7) is 9.39. The van der Waals surface area contributed by atoms with E-state index in [0.717, 1.165) is 44.8 Å². The summed E-state index contributed by atoms with van der Waals surface area (Å²) in [5.74, 6) is 1.46. The molecular formula is C31H48N4O. The van der Waals surface area contributed by atoms with Crippen LogP contribution in [0.5, 0.6) is 5.75 Å². The largest absolute Gasteiger partial charge is 0.494 e. The van der Waals surface area contributed by atoms with Crippen LogP contribution in [0.25, 0.3) is 0 Å². The number of nitrogens with one attached hydrogen (secondary N) is 1. The molecule has 3 atom stereocenters. The van der Waals surface area contributed by atoms with E-state index in [0.29, 0.717) is 24.5 Å². The van der Waals surface area contributed by atoms with Crippen molar-refractivity contribution in [2.24, 2.45) is 5.73 Å². The molecule has 4 rings (SSSR count). The lowest BCUT2D eigenvalue weighted by molar-refractivity contribution is 0.110. The Balaban J connectivity index is 1.59. The molecule has 2 aromatic rings. The van der Waals surface area contributed by atoms with Gasteiger partial charge in [-0.25, -0.2) is 0 Å². The minimum atomic E-state index is 0.386. The molecule has 0 aliphatic carbocycles. The van der Waals surface area contributed by atoms with Crippen molar-refractivity contribution in [3.05, 3.63) is 65.2 Å². The third kappa shape index (κ3) is 7.10. The number of ether oxygens (including phenoxy) is 1. The fourth-order valence-electron chi connectivity index (χ4n) is 6.13. The average molecular weight is 493 g/mol. The van der Waals surface area contributed by atoms with Crippen molar-refractivity contribution in [1.82, 2.24) is 15.1 Å². The summed E-state index contributed by atoms with van der Waals surface area (Å²) < 4.78 is 5.91. The van der Waals surface area contributed by atoms with Gasteiger partial charge in [0.05, 0.1) is 6.61 Å². The number of hydrogen-bond donors (Lipinski definition) is 2. The normalized spacial score (nSPS) is 21.8. The quantitative estimate of drug-likeness (QED) is 0.371. The predicted molar refractivity (Wildman–Crippen MR) is 151 cm³/mol. The highest BCUT2D eigenvalue weighted by Crippen LogP contribution is 2.44. The fourth-order valence-corrected chi connectivity index (χ4v) is 6.13. The van der Waals surface area contributed by atoms with Crippen molar-refractivity contribution < 1.29 is 4.74 Å². The van der Waals surface area contributed by atoms with Gasteiger partial charge in [-0.2, -0.15) is 0 Å². The van der Waals surface area contributed by atoms with Gasteiger partial charge in [0.1, 0.15) is 5.75 Å². The smallest absolute Gasteiger partial charge is 0.119 e. The highest BCUT2D eigenvalue weighted by atomic mass is 16.5. The number of benzene rings is 2. The maximum Gasteiger partial charge on any atom is 0.119 e. The topological polar surface area (TPSA) is 53.8 Å². The summed E-state index contributed by atoms with van der Waals surface area (Å²) in [6, 6.07) is 19.0. The molecular weight excluding hydrogens is 444 g/mol. The molecule has 3 N–H and O–H groups in total. The summed E-state index contributed by atoms with van der Waals surface area (Å²) >= 11 is 0. The molecule has 5 heteroatoms. The number of piperidine rings is 1. The van der Waals surface area contributed by atoms with Crippen LogP contribution in [0.4, 0.5) is 0 Å². The van der Waals surface area contributed by atoms with Gasteiger partial charge in [0.2, 0.25) is 0 Å². The van der Waals surface area contributed by atoms with E-state index in [4.69, 9.17) is 10.5 Å². The molecule has 0 saturated carbocycles. The first-order valence-electron chi connectivity index (χ1n) is 14.4. The summed E-state index contributed by atoms with van der Waals surface area (Å²) in [6.07, 6.45) is 8.62. The van der Waals surface area contributed by atoms with E-state index in [9.17, 15) is 0 Å². The monoisotopic (exact) mass is 492 g/mol. The van der Waals surface area contributed by atoms with Gasteiger partial charge in [-0.05, 0) is 87.6 Å². The van der Waals surface area contributed by atoms with Crippen molar-refractivity contribution in [2.75, 3.05) is 46.4 Å². The number of nitrogens with zero attached hydrogens (tertiary/aromatic N) is 2. The van der Waals surface area contributed by atoms with Crippen LogP contribution in [0, 0.1) is 0 Å². The molecule has 0 radical (unpaired) electrons. The Morgan fingerprint density at radius 3 is 2.53 bits per heavy atom. The lowest BCUT2D eigenvalue weighted by Gasteiger charge is -2.45. The second-order valence-corrected chi connectivity index (χ2v) is 10.7. The molecule has 2 aromatic carbocycles. The third-order valence-electron chi connectivity index (χ3n) is 8.14. The van der Waals surface area contributed by atoms with E-state index in [2.05, 4.69) is 70.6 Å². The Labute approximate surface area is 219 Å². The summed E-state index contributed by atoms with van der Waals surface area (Å²) in [5, 5.41) is 3.35. The maximum absolute atomic E-state index is 5.92. The Kier molecular flexibility index (Phi) is 10.6. The zero-order chi connectivity index (χ0) is 25.2. The molecule has 198 valence electrons. The second-order valence-electron chi connectivity index (χ2n) is 10.7. The van der Waals surface area contributed by atoms with Gasteiger partial charge >= 0.3 is 0 Å². The van der Waals surface area contributed by atoms with Gasteiger partial charge in [-0.15, -0.1) is 0 Å². The van der Waals surface area contributed by atoms with Gasteiger partial charge in [0.15, 0.2) is 0 Å². The number of rotatable bonds is 13. The molecule has 2 aliphatic heterocycles. The van der Waals surface area contributed by atoms with Gasteiger partial charge in [-0.1, -0.05) is 56.2 Å². The Morgan fingerprint density at radius 2 is 1.81 bits per heavy atom. The van der Waals surface area contributed by atoms with E-state index in [-0.39, 0.29) is 0 Å². The first-order chi connectivity index (χ1) is 17.7. The van der Waals surface area contributed by atoms with Crippen molar-refractivity contribution in [2.45, 2.75) is 76.4 Å². The van der Waals surface area contributed by atoms with Gasteiger partial charge in [-0.3, -0.25) is 4.90 Å². The van der Waals surface area contributed by atoms with Crippen LogP contribution < -0.4 is 15.8 Å². The molecule has 5 nitrogen and oxygen atoms in total. The van der Waals surface area contributed by atoms with Crippen LogP contribution in [0.3, 0.4) is 0 Å². The Bertz CT molecular complexity index is 892. The lowest BCUT2D eigenvalue weighted by atomic mass is 9.79. The number of likely N-dealkylation sites (N-methyl/N-ethyl adjacent to an activating group) is 1. The molecule has 0 bridgehead atoms. The maximum atomic E-state index is 5.92. The van der Waals surface area contributed by atoms with Crippen molar-refractivity contribution in [3.63, 3.8) is 0 Å². The molecule has 3 unspecified atom stereocenters. The molecule has 2 aliphatic rings. The Morgan fingerprint density at radius 1 is 1.03 bits per heavy atom. The molecule has 1 saturated heterocycles. The van der Waals surface area contributed by atoms with E-state index < -0.39 is 0 Å². The van der Waals surface area contributed by atoms with Gasteiger partial charge in [0, 0.05) is 37.6 Å². The Hall–Kier alpha value is -1.92. The minimum absolute atomic E-state index is 0.386. The zero-order valence-corrected chi connectivity index (χ0v) is 22.6. The summed E-state index contributed by atoms with van der Waals surface area (Å²) in [4.78, 5) is 5.48. The SMILES string of the molecule is CCCOc1ccc(C2C(CN3CCCCC3)c3ccccc3CN2CCCCC(CN)NC)cc1. The molecule has 0 aromatic heterocycles. The first kappa shape index (κ1) is 27.1. The highest BCUT2D eigenvalue weighted by Gasteiger charge is 2.37. The second kappa shape index (κ2) is 14.1. The van der Waals surface area contributed by atoms with Crippen molar-refractivity contribution in [3.8, 4) is 5.75 Å². The molecule has 2 heterocycles. The molecule has 0 amide bonds. The van der Waals surface area contributed by atoms with E-state index in [1.54, 1.807) is 5.56 Å². The van der Waals surface area contributed by atoms with Crippen LogP contribution in [-0.2, 0) is 6.54 Å². The molecule has 36 heavy (non-hydrogen) atoms. The number of unbranched alkanes of at least 4 members (excludes halogenated alkanes) is 1. The van der Waals surface area contributed by atoms with E-state index in [1.165, 1.54) is 56.3 Å². The predicted octanol–water partition coefficient (Wildman–Crippen LogP) is 5.32. The van der Waals surface area contributed by atoms with Crippen LogP contribution in [-0.4, -0.2) is 62.2 Å². The fraction of sp³-hybridized carbons (Fsp3) is 0.613. The first-order valence-corrected chi connectivity index (χ1v) is 14.4. The zero-order valence-electron chi connectivity index (χ0n) is 22.6. The van der Waals surface area contributed by atoms with Crippen LogP contribution in [0.2, 0.25) is 0 Å². The number of likely N-dealkylation sites (tertiary alicyclic amines) is 1. The van der Waals surface area contributed by atoms with E-state index >= 15 is 0 Å². The van der Waals surface area contributed by atoms with Gasteiger partial charge < -0.3 is 20.7 Å². The standard InChI is InChI=1S/C31H48N4O/c1-3-21-36-28-16-14-25(15-17-28)31-30(24-34-18-8-4-9-19-34)29-13-6-5-11-26(29)23-35(31)20-10-7-12-27(22-32)33-2/h5-6,11,13-17,27,30-31,33H,3-4,7-10,12,18-24,32H2,1-2H3. The van der Waals surface area contributed by atoms with Crippen LogP contribution in [0.1, 0.15) is 80.5 Å². The van der Waals surface area contributed by atoms with Gasteiger partial charge in [0.25, 0.3) is 0 Å². The lowest BCUT2D eigenvalue weighted by Crippen LogP contribution is -2.43. The third-order valence-corrected chi connectivity index (χ3v) is 8.14.